The van der Waals surface area contributed by atoms with Crippen molar-refractivity contribution in [3.8, 4) is 0 Å². The molecule has 0 aromatic heterocycles. The number of hydrogen-bond acceptors (Lipinski definition) is 3. The van der Waals surface area contributed by atoms with Gasteiger partial charge in [-0.3, -0.25) is 4.79 Å². The summed E-state index contributed by atoms with van der Waals surface area (Å²) in [6.45, 7) is 0.562. The molecule has 1 aromatic rings. The predicted molar refractivity (Wildman–Crippen MR) is 61.2 cm³/mol. The Bertz CT molecular complexity index is 373. The number of halogens is 1. The lowest BCUT2D eigenvalue weighted by Crippen LogP contribution is -2.53. The fraction of sp³-hybridized carbons (Fsp3) is 0.300. The van der Waals surface area contributed by atoms with Crippen LogP contribution in [-0.4, -0.2) is 29.0 Å². The van der Waals surface area contributed by atoms with Gasteiger partial charge in [-0.2, -0.15) is 0 Å². The number of rotatable bonds is 3. The van der Waals surface area contributed by atoms with Gasteiger partial charge in [-0.1, -0.05) is 15.9 Å². The second-order valence-electron chi connectivity index (χ2n) is 3.35. The fourth-order valence-corrected chi connectivity index (χ4v) is 2.60. The molecule has 1 aliphatic heterocycles. The molecule has 3 nitrogen and oxygen atoms in total. The summed E-state index contributed by atoms with van der Waals surface area (Å²) in [7, 11) is 0. The standard InChI is InChI=1S/C10H9BrO3S/c11-7-1-3-8(4-2-7)15-10(9(12)13)5-14-6-10/h1-4H,5-6H2,(H,12,13). The first-order chi connectivity index (χ1) is 7.12. The highest BCUT2D eigenvalue weighted by Gasteiger charge is 2.47. The van der Waals surface area contributed by atoms with Gasteiger partial charge in [0, 0.05) is 9.37 Å². The number of ether oxygens (including phenoxy) is 1. The highest BCUT2D eigenvalue weighted by Crippen LogP contribution is 2.39. The number of aliphatic carboxylic acids is 1. The first-order valence-electron chi connectivity index (χ1n) is 4.38. The Balaban J connectivity index is 2.13. The van der Waals surface area contributed by atoms with Crippen LogP contribution >= 0.6 is 27.7 Å². The number of carboxylic acids is 1. The molecule has 0 aliphatic carbocycles. The van der Waals surface area contributed by atoms with E-state index in [4.69, 9.17) is 9.84 Å². The Labute approximate surface area is 99.9 Å². The average molecular weight is 289 g/mol. The van der Waals surface area contributed by atoms with Gasteiger partial charge in [0.1, 0.15) is 0 Å². The van der Waals surface area contributed by atoms with E-state index >= 15 is 0 Å². The first-order valence-corrected chi connectivity index (χ1v) is 5.99. The number of benzene rings is 1. The first kappa shape index (κ1) is 11.0. The van der Waals surface area contributed by atoms with Crippen molar-refractivity contribution in [3.05, 3.63) is 28.7 Å². The molecule has 5 heteroatoms. The monoisotopic (exact) mass is 288 g/mol. The summed E-state index contributed by atoms with van der Waals surface area (Å²) in [6.07, 6.45) is 0. The summed E-state index contributed by atoms with van der Waals surface area (Å²) in [6, 6.07) is 7.60. The van der Waals surface area contributed by atoms with Gasteiger partial charge in [-0.15, -0.1) is 11.8 Å². The number of hydrogen-bond donors (Lipinski definition) is 1. The molecule has 80 valence electrons. The number of carboxylic acid groups (broad SMARTS) is 1. The molecule has 0 amide bonds. The van der Waals surface area contributed by atoms with Crippen molar-refractivity contribution in [2.45, 2.75) is 9.64 Å². The normalized spacial score (nSPS) is 18.2. The van der Waals surface area contributed by atoms with E-state index in [1.54, 1.807) is 0 Å². The van der Waals surface area contributed by atoms with E-state index in [2.05, 4.69) is 15.9 Å². The van der Waals surface area contributed by atoms with Gasteiger partial charge in [0.05, 0.1) is 13.2 Å². The Morgan fingerprint density at radius 3 is 2.40 bits per heavy atom. The van der Waals surface area contributed by atoms with Gasteiger partial charge >= 0.3 is 5.97 Å². The van der Waals surface area contributed by atoms with Crippen molar-refractivity contribution in [1.29, 1.82) is 0 Å². The average Bonchev–Trinajstić information content (AvgIpc) is 2.13. The van der Waals surface area contributed by atoms with Crippen molar-refractivity contribution in [2.24, 2.45) is 0 Å². The van der Waals surface area contributed by atoms with E-state index in [9.17, 15) is 4.79 Å². The van der Waals surface area contributed by atoms with E-state index in [0.29, 0.717) is 0 Å². The van der Waals surface area contributed by atoms with Crippen molar-refractivity contribution in [2.75, 3.05) is 13.2 Å². The summed E-state index contributed by atoms with van der Waals surface area (Å²) in [5, 5.41) is 9.09. The van der Waals surface area contributed by atoms with Crippen molar-refractivity contribution < 1.29 is 14.6 Å². The molecule has 0 unspecified atom stereocenters. The van der Waals surface area contributed by atoms with Crippen molar-refractivity contribution in [1.82, 2.24) is 0 Å². The van der Waals surface area contributed by atoms with Gasteiger partial charge in [0.15, 0.2) is 4.75 Å². The molecule has 1 aromatic carbocycles. The lowest BCUT2D eigenvalue weighted by molar-refractivity contribution is -0.151. The lowest BCUT2D eigenvalue weighted by Gasteiger charge is -2.36. The van der Waals surface area contributed by atoms with Crippen LogP contribution in [0.15, 0.2) is 33.6 Å². The molecular weight excluding hydrogens is 280 g/mol. The zero-order chi connectivity index (χ0) is 10.9. The van der Waals surface area contributed by atoms with Crippen LogP contribution in [0.5, 0.6) is 0 Å². The molecule has 0 radical (unpaired) electrons. The second-order valence-corrected chi connectivity index (χ2v) is 5.72. The Kier molecular flexibility index (Phi) is 3.04. The zero-order valence-corrected chi connectivity index (χ0v) is 10.2. The van der Waals surface area contributed by atoms with Crippen LogP contribution in [0.3, 0.4) is 0 Å². The summed E-state index contributed by atoms with van der Waals surface area (Å²) in [4.78, 5) is 12.0. The maximum absolute atomic E-state index is 11.1. The highest BCUT2D eigenvalue weighted by atomic mass is 79.9. The van der Waals surface area contributed by atoms with E-state index < -0.39 is 10.7 Å². The Morgan fingerprint density at radius 2 is 2.00 bits per heavy atom. The van der Waals surface area contributed by atoms with Crippen LogP contribution in [0, 0.1) is 0 Å². The van der Waals surface area contributed by atoms with E-state index in [0.717, 1.165) is 9.37 Å². The zero-order valence-electron chi connectivity index (χ0n) is 7.77. The molecule has 0 bridgehead atoms. The SMILES string of the molecule is O=C(O)C1(Sc2ccc(Br)cc2)COC1. The van der Waals surface area contributed by atoms with Gasteiger partial charge < -0.3 is 9.84 Å². The lowest BCUT2D eigenvalue weighted by atomic mass is 10.1. The molecular formula is C10H9BrO3S. The Morgan fingerprint density at radius 1 is 1.40 bits per heavy atom. The Hall–Kier alpha value is -0.520. The molecule has 1 N–H and O–H groups in total. The van der Waals surface area contributed by atoms with E-state index in [1.165, 1.54) is 11.8 Å². The highest BCUT2D eigenvalue weighted by molar-refractivity contribution is 9.10. The summed E-state index contributed by atoms with van der Waals surface area (Å²) >= 11 is 4.68. The number of thioether (sulfide) groups is 1. The molecule has 1 saturated heterocycles. The molecule has 1 aliphatic rings. The van der Waals surface area contributed by atoms with Crippen LogP contribution in [0.4, 0.5) is 0 Å². The molecule has 2 rings (SSSR count). The third-order valence-corrected chi connectivity index (χ3v) is 4.02. The molecule has 1 fully saturated rings. The van der Waals surface area contributed by atoms with Gasteiger partial charge in [0.2, 0.25) is 0 Å². The van der Waals surface area contributed by atoms with Gasteiger partial charge in [-0.25, -0.2) is 0 Å². The van der Waals surface area contributed by atoms with E-state index in [1.807, 2.05) is 24.3 Å². The summed E-state index contributed by atoms with van der Waals surface area (Å²) < 4.78 is 5.19. The minimum absolute atomic E-state index is 0.281. The molecule has 1 heterocycles. The van der Waals surface area contributed by atoms with Crippen molar-refractivity contribution >= 4 is 33.7 Å². The smallest absolute Gasteiger partial charge is 0.324 e. The largest absolute Gasteiger partial charge is 0.480 e. The molecule has 0 saturated carbocycles. The summed E-state index contributed by atoms with van der Waals surface area (Å²) in [5.74, 6) is -0.804. The van der Waals surface area contributed by atoms with Gasteiger partial charge in [0.25, 0.3) is 0 Å². The summed E-state index contributed by atoms with van der Waals surface area (Å²) in [5.41, 5.74) is 0. The molecule has 0 atom stereocenters. The fourth-order valence-electron chi connectivity index (χ4n) is 1.24. The number of carbonyl (C=O) groups is 1. The topological polar surface area (TPSA) is 46.5 Å². The van der Waals surface area contributed by atoms with Crippen molar-refractivity contribution in [3.63, 3.8) is 0 Å². The molecule has 0 spiro atoms. The predicted octanol–water partition coefficient (Wildman–Crippen LogP) is 2.39. The minimum Gasteiger partial charge on any atom is -0.480 e. The third-order valence-electron chi connectivity index (χ3n) is 2.19. The quantitative estimate of drug-likeness (QED) is 0.928. The second kappa shape index (κ2) is 4.15. The molecule has 15 heavy (non-hydrogen) atoms. The van der Waals surface area contributed by atoms with E-state index in [-0.39, 0.29) is 13.2 Å². The minimum atomic E-state index is -0.804. The maximum Gasteiger partial charge on any atom is 0.324 e. The van der Waals surface area contributed by atoms with Crippen LogP contribution in [0.1, 0.15) is 0 Å². The van der Waals surface area contributed by atoms with Crippen LogP contribution in [0.2, 0.25) is 0 Å². The van der Waals surface area contributed by atoms with Crippen LogP contribution in [0.25, 0.3) is 0 Å². The maximum atomic E-state index is 11.1. The van der Waals surface area contributed by atoms with Crippen LogP contribution in [-0.2, 0) is 9.53 Å². The third kappa shape index (κ3) is 2.19. The van der Waals surface area contributed by atoms with Gasteiger partial charge in [-0.05, 0) is 24.3 Å². The van der Waals surface area contributed by atoms with Crippen LogP contribution < -0.4 is 0 Å².